The Kier molecular flexibility index (Phi) is 4.88. The van der Waals surface area contributed by atoms with Gasteiger partial charge in [-0.3, -0.25) is 9.69 Å². The molecule has 1 aliphatic heterocycles. The summed E-state index contributed by atoms with van der Waals surface area (Å²) in [7, 11) is 0. The average molecular weight is 195 g/mol. The molecule has 0 N–H and O–H groups in total. The summed E-state index contributed by atoms with van der Waals surface area (Å²) in [6.07, 6.45) is 8.75. The average Bonchev–Trinajstić information content (AvgIpc) is 2.16. The fourth-order valence-electron chi connectivity index (χ4n) is 2.10. The molecule has 1 aliphatic rings. The van der Waals surface area contributed by atoms with Gasteiger partial charge in [0.25, 0.3) is 0 Å². The van der Waals surface area contributed by atoms with E-state index in [9.17, 15) is 4.79 Å². The van der Waals surface area contributed by atoms with Crippen LogP contribution in [0.2, 0.25) is 0 Å². The highest BCUT2D eigenvalue weighted by molar-refractivity contribution is 5.76. The molecule has 1 fully saturated rings. The van der Waals surface area contributed by atoms with Crippen molar-refractivity contribution >= 4 is 5.78 Å². The number of rotatable bonds is 4. The second-order valence-corrected chi connectivity index (χ2v) is 4.12. The van der Waals surface area contributed by atoms with Gasteiger partial charge in [0.05, 0.1) is 0 Å². The van der Waals surface area contributed by atoms with Gasteiger partial charge in [0.2, 0.25) is 0 Å². The van der Waals surface area contributed by atoms with Crippen molar-refractivity contribution in [2.24, 2.45) is 0 Å². The number of allylic oxidation sites excluding steroid dienone is 1. The molecular formula is C12H21NO. The first-order valence-electron chi connectivity index (χ1n) is 5.58. The van der Waals surface area contributed by atoms with Crippen molar-refractivity contribution in [3.05, 3.63) is 12.2 Å². The summed E-state index contributed by atoms with van der Waals surface area (Å²) in [5.74, 6) is 0.322. The normalized spacial score (nSPS) is 24.3. The van der Waals surface area contributed by atoms with E-state index in [0.29, 0.717) is 11.8 Å². The number of nitrogens with zero attached hydrogens (tertiary/aromatic N) is 1. The highest BCUT2D eigenvalue weighted by Gasteiger charge is 2.22. The summed E-state index contributed by atoms with van der Waals surface area (Å²) >= 11 is 0. The lowest BCUT2D eigenvalue weighted by atomic mass is 9.98. The lowest BCUT2D eigenvalue weighted by Crippen LogP contribution is -2.40. The molecule has 0 saturated carbocycles. The van der Waals surface area contributed by atoms with Crippen LogP contribution in [-0.4, -0.2) is 29.8 Å². The van der Waals surface area contributed by atoms with Crippen LogP contribution in [0.3, 0.4) is 0 Å². The van der Waals surface area contributed by atoms with Crippen molar-refractivity contribution in [1.29, 1.82) is 0 Å². The molecule has 1 rings (SSSR count). The van der Waals surface area contributed by atoms with Gasteiger partial charge in [0.1, 0.15) is 5.78 Å². The number of Topliss-reactive ketones (excluding diaryl/α,β-unsaturated/α-hetero) is 1. The van der Waals surface area contributed by atoms with E-state index in [4.69, 9.17) is 0 Å². The topological polar surface area (TPSA) is 20.3 Å². The maximum atomic E-state index is 11.1. The van der Waals surface area contributed by atoms with Crippen LogP contribution >= 0.6 is 0 Å². The molecule has 0 bridgehead atoms. The standard InChI is InChI=1S/C12H21NO/c1-3-4-8-13-9-6-5-7-12(13)10-11(2)14/h3-4,12H,5-10H2,1-2H3. The van der Waals surface area contributed by atoms with E-state index in [2.05, 4.69) is 17.1 Å². The van der Waals surface area contributed by atoms with Crippen LogP contribution in [-0.2, 0) is 4.79 Å². The molecule has 0 aromatic rings. The zero-order valence-electron chi connectivity index (χ0n) is 9.33. The highest BCUT2D eigenvalue weighted by Crippen LogP contribution is 2.19. The first-order valence-corrected chi connectivity index (χ1v) is 5.58. The molecular weight excluding hydrogens is 174 g/mol. The van der Waals surface area contributed by atoms with Gasteiger partial charge in [-0.1, -0.05) is 18.6 Å². The van der Waals surface area contributed by atoms with Gasteiger partial charge < -0.3 is 0 Å². The third-order valence-corrected chi connectivity index (χ3v) is 2.85. The van der Waals surface area contributed by atoms with Crippen LogP contribution in [0.5, 0.6) is 0 Å². The molecule has 14 heavy (non-hydrogen) atoms. The molecule has 0 aromatic carbocycles. The summed E-state index contributed by atoms with van der Waals surface area (Å²) < 4.78 is 0. The number of hydrogen-bond donors (Lipinski definition) is 0. The molecule has 2 heteroatoms. The number of ketones is 1. The third kappa shape index (κ3) is 3.62. The minimum absolute atomic E-state index is 0.322. The van der Waals surface area contributed by atoms with Gasteiger partial charge in [-0.15, -0.1) is 0 Å². The van der Waals surface area contributed by atoms with Gasteiger partial charge >= 0.3 is 0 Å². The predicted molar refractivity (Wildman–Crippen MR) is 59.3 cm³/mol. The maximum Gasteiger partial charge on any atom is 0.131 e. The zero-order chi connectivity index (χ0) is 10.4. The van der Waals surface area contributed by atoms with E-state index in [1.807, 2.05) is 6.92 Å². The van der Waals surface area contributed by atoms with E-state index in [1.165, 1.54) is 19.3 Å². The lowest BCUT2D eigenvalue weighted by Gasteiger charge is -2.34. The Morgan fingerprint density at radius 2 is 2.29 bits per heavy atom. The summed E-state index contributed by atoms with van der Waals surface area (Å²) in [6, 6.07) is 0.498. The first-order chi connectivity index (χ1) is 6.74. The van der Waals surface area contributed by atoms with Gasteiger partial charge in [0, 0.05) is 19.0 Å². The SMILES string of the molecule is CC=CCN1CCCCC1CC(C)=O. The molecule has 0 spiro atoms. The van der Waals surface area contributed by atoms with E-state index < -0.39 is 0 Å². The fraction of sp³-hybridized carbons (Fsp3) is 0.750. The summed E-state index contributed by atoms with van der Waals surface area (Å²) in [6.45, 7) is 5.91. The smallest absolute Gasteiger partial charge is 0.131 e. The third-order valence-electron chi connectivity index (χ3n) is 2.85. The van der Waals surface area contributed by atoms with Crippen LogP contribution < -0.4 is 0 Å². The Balaban J connectivity index is 2.45. The van der Waals surface area contributed by atoms with Crippen molar-refractivity contribution in [3.63, 3.8) is 0 Å². The first kappa shape index (κ1) is 11.4. The minimum Gasteiger partial charge on any atom is -0.300 e. The molecule has 2 nitrogen and oxygen atoms in total. The molecule has 0 aromatic heterocycles. The lowest BCUT2D eigenvalue weighted by molar-refractivity contribution is -0.118. The van der Waals surface area contributed by atoms with Crippen molar-refractivity contribution < 1.29 is 4.79 Å². The number of likely N-dealkylation sites (tertiary alicyclic amines) is 1. The highest BCUT2D eigenvalue weighted by atomic mass is 16.1. The maximum absolute atomic E-state index is 11.1. The Labute approximate surface area is 87.0 Å². The van der Waals surface area contributed by atoms with Crippen LogP contribution in [0.1, 0.15) is 39.5 Å². The molecule has 1 unspecified atom stereocenters. The summed E-state index contributed by atoms with van der Waals surface area (Å²) in [4.78, 5) is 13.5. The van der Waals surface area contributed by atoms with Gasteiger partial charge in [-0.25, -0.2) is 0 Å². The number of carbonyl (C=O) groups is 1. The Morgan fingerprint density at radius 3 is 2.93 bits per heavy atom. The van der Waals surface area contributed by atoms with E-state index in [1.54, 1.807) is 6.92 Å². The summed E-state index contributed by atoms with van der Waals surface area (Å²) in [5, 5.41) is 0. The van der Waals surface area contributed by atoms with Crippen molar-refractivity contribution in [1.82, 2.24) is 4.90 Å². The van der Waals surface area contributed by atoms with E-state index >= 15 is 0 Å². The van der Waals surface area contributed by atoms with Crippen molar-refractivity contribution in [2.45, 2.75) is 45.6 Å². The number of hydrogen-bond acceptors (Lipinski definition) is 2. The Bertz CT molecular complexity index is 210. The second-order valence-electron chi connectivity index (χ2n) is 4.12. The largest absolute Gasteiger partial charge is 0.300 e. The Hall–Kier alpha value is -0.630. The molecule has 1 heterocycles. The van der Waals surface area contributed by atoms with Gasteiger partial charge in [-0.2, -0.15) is 0 Å². The monoisotopic (exact) mass is 195 g/mol. The molecule has 0 radical (unpaired) electrons. The second kappa shape index (κ2) is 5.97. The van der Waals surface area contributed by atoms with Crippen molar-refractivity contribution in [2.75, 3.05) is 13.1 Å². The van der Waals surface area contributed by atoms with Crippen LogP contribution in [0, 0.1) is 0 Å². The number of carbonyl (C=O) groups excluding carboxylic acids is 1. The van der Waals surface area contributed by atoms with Crippen LogP contribution in [0.25, 0.3) is 0 Å². The quantitative estimate of drug-likeness (QED) is 0.642. The molecule has 80 valence electrons. The molecule has 0 amide bonds. The summed E-state index contributed by atoms with van der Waals surface area (Å²) in [5.41, 5.74) is 0. The van der Waals surface area contributed by atoms with Crippen LogP contribution in [0.15, 0.2) is 12.2 Å². The van der Waals surface area contributed by atoms with Gasteiger partial charge in [0.15, 0.2) is 0 Å². The molecule has 1 atom stereocenters. The van der Waals surface area contributed by atoms with E-state index in [-0.39, 0.29) is 0 Å². The fourth-order valence-corrected chi connectivity index (χ4v) is 2.10. The minimum atomic E-state index is 0.322. The zero-order valence-corrected chi connectivity index (χ0v) is 9.33. The van der Waals surface area contributed by atoms with Gasteiger partial charge in [-0.05, 0) is 33.2 Å². The molecule has 1 saturated heterocycles. The molecule has 0 aliphatic carbocycles. The van der Waals surface area contributed by atoms with Crippen LogP contribution in [0.4, 0.5) is 0 Å². The Morgan fingerprint density at radius 1 is 1.50 bits per heavy atom. The number of piperidine rings is 1. The van der Waals surface area contributed by atoms with E-state index in [0.717, 1.165) is 19.5 Å². The van der Waals surface area contributed by atoms with Crippen molar-refractivity contribution in [3.8, 4) is 0 Å². The predicted octanol–water partition coefficient (Wildman–Crippen LogP) is 2.40.